The minimum atomic E-state index is -1.40. The lowest BCUT2D eigenvalue weighted by molar-refractivity contribution is -0.151. The van der Waals surface area contributed by atoms with Gasteiger partial charge in [-0.3, -0.25) is 4.79 Å². The number of aliphatic carboxylic acids is 1. The van der Waals surface area contributed by atoms with E-state index in [9.17, 15) is 15.0 Å². The van der Waals surface area contributed by atoms with E-state index in [1.807, 2.05) is 0 Å². The molecule has 0 bridgehead atoms. The molecule has 2 rings (SSSR count). The molecule has 6 heteroatoms. The van der Waals surface area contributed by atoms with Gasteiger partial charge in [-0.15, -0.1) is 0 Å². The topological polar surface area (TPSA) is 69.6 Å². The van der Waals surface area contributed by atoms with Crippen LogP contribution in [-0.4, -0.2) is 22.7 Å². The molecule has 0 aliphatic carbocycles. The SMILES string of the molecule is CCC(C(=O)O)C1(O)CNc2cc(Cl)c(Br)cc21. The Bertz CT molecular complexity index is 508. The van der Waals surface area contributed by atoms with Gasteiger partial charge in [0.05, 0.1) is 10.9 Å². The van der Waals surface area contributed by atoms with Crippen LogP contribution in [0.4, 0.5) is 5.69 Å². The first-order valence-corrected chi connectivity index (χ1v) is 6.75. The number of hydrogen-bond donors (Lipinski definition) is 3. The molecule has 3 N–H and O–H groups in total. The van der Waals surface area contributed by atoms with Crippen molar-refractivity contribution in [1.82, 2.24) is 0 Å². The Morgan fingerprint density at radius 2 is 2.33 bits per heavy atom. The maximum atomic E-state index is 11.3. The number of benzene rings is 1. The highest BCUT2D eigenvalue weighted by atomic mass is 79.9. The number of β-amino-alcohol motifs (C(OH)–C–C–N with tert-alkyl or cyclic N) is 1. The number of anilines is 1. The van der Waals surface area contributed by atoms with Crippen LogP contribution in [0.25, 0.3) is 0 Å². The highest BCUT2D eigenvalue weighted by Gasteiger charge is 2.46. The minimum Gasteiger partial charge on any atom is -0.481 e. The molecule has 0 fully saturated rings. The van der Waals surface area contributed by atoms with Crippen LogP contribution in [0.15, 0.2) is 16.6 Å². The second kappa shape index (κ2) is 4.72. The van der Waals surface area contributed by atoms with Gasteiger partial charge in [0.25, 0.3) is 0 Å². The van der Waals surface area contributed by atoms with E-state index in [1.54, 1.807) is 19.1 Å². The fraction of sp³-hybridized carbons (Fsp3) is 0.417. The first-order valence-electron chi connectivity index (χ1n) is 5.58. The molecule has 0 amide bonds. The second-order valence-electron chi connectivity index (χ2n) is 4.39. The lowest BCUT2D eigenvalue weighted by Gasteiger charge is -2.29. The van der Waals surface area contributed by atoms with Crippen molar-refractivity contribution in [1.29, 1.82) is 0 Å². The van der Waals surface area contributed by atoms with Gasteiger partial charge in [0, 0.05) is 22.3 Å². The number of halogens is 2. The van der Waals surface area contributed by atoms with Crippen molar-refractivity contribution in [3.63, 3.8) is 0 Å². The summed E-state index contributed by atoms with van der Waals surface area (Å²) >= 11 is 9.27. The van der Waals surface area contributed by atoms with Gasteiger partial charge in [0.15, 0.2) is 0 Å². The molecule has 0 saturated carbocycles. The summed E-state index contributed by atoms with van der Waals surface area (Å²) < 4.78 is 0.644. The smallest absolute Gasteiger partial charge is 0.309 e. The molecule has 98 valence electrons. The molecular weight excluding hydrogens is 321 g/mol. The van der Waals surface area contributed by atoms with E-state index < -0.39 is 17.5 Å². The molecule has 1 aliphatic rings. The number of rotatable bonds is 3. The largest absolute Gasteiger partial charge is 0.481 e. The van der Waals surface area contributed by atoms with E-state index in [2.05, 4.69) is 21.2 Å². The predicted octanol–water partition coefficient (Wildman–Crippen LogP) is 2.83. The van der Waals surface area contributed by atoms with Gasteiger partial charge in [-0.1, -0.05) is 18.5 Å². The first kappa shape index (κ1) is 13.6. The summed E-state index contributed by atoms with van der Waals surface area (Å²) in [5.74, 6) is -1.85. The second-order valence-corrected chi connectivity index (χ2v) is 5.65. The Kier molecular flexibility index (Phi) is 3.58. The first-order chi connectivity index (χ1) is 8.40. The zero-order valence-electron chi connectivity index (χ0n) is 9.70. The van der Waals surface area contributed by atoms with Gasteiger partial charge in [0.1, 0.15) is 5.60 Å². The van der Waals surface area contributed by atoms with Crippen molar-refractivity contribution in [3.05, 3.63) is 27.2 Å². The lowest BCUT2D eigenvalue weighted by atomic mass is 9.81. The third-order valence-electron chi connectivity index (χ3n) is 3.36. The summed E-state index contributed by atoms with van der Waals surface area (Å²) in [6, 6.07) is 3.37. The number of hydrogen-bond acceptors (Lipinski definition) is 3. The molecule has 4 nitrogen and oxygen atoms in total. The van der Waals surface area contributed by atoms with Gasteiger partial charge in [-0.25, -0.2) is 0 Å². The molecule has 0 saturated heterocycles. The Balaban J connectivity index is 2.52. The van der Waals surface area contributed by atoms with Crippen molar-refractivity contribution in [2.75, 3.05) is 11.9 Å². The van der Waals surface area contributed by atoms with Crippen molar-refractivity contribution < 1.29 is 15.0 Å². The molecule has 0 aromatic heterocycles. The van der Waals surface area contributed by atoms with Gasteiger partial charge < -0.3 is 15.5 Å². The van der Waals surface area contributed by atoms with E-state index >= 15 is 0 Å². The molecule has 1 aliphatic heterocycles. The predicted molar refractivity (Wildman–Crippen MR) is 73.0 cm³/mol. The third kappa shape index (κ3) is 2.00. The van der Waals surface area contributed by atoms with E-state index in [0.29, 0.717) is 27.2 Å². The summed E-state index contributed by atoms with van der Waals surface area (Å²) in [7, 11) is 0. The van der Waals surface area contributed by atoms with Crippen molar-refractivity contribution in [3.8, 4) is 0 Å². The highest BCUT2D eigenvalue weighted by molar-refractivity contribution is 9.10. The van der Waals surface area contributed by atoms with Gasteiger partial charge in [0.2, 0.25) is 0 Å². The standard InChI is InChI=1S/C12H13BrClNO3/c1-2-6(11(16)17)12(18)5-15-10-4-9(14)8(13)3-7(10)12/h3-4,6,15,18H,2,5H2,1H3,(H,16,17). The molecule has 0 spiro atoms. The van der Waals surface area contributed by atoms with Crippen molar-refractivity contribution >= 4 is 39.2 Å². The zero-order valence-corrected chi connectivity index (χ0v) is 12.0. The molecule has 1 aromatic rings. The Morgan fingerprint density at radius 3 is 2.89 bits per heavy atom. The highest BCUT2D eigenvalue weighted by Crippen LogP contribution is 2.44. The molecule has 1 aromatic carbocycles. The van der Waals surface area contributed by atoms with Crippen LogP contribution < -0.4 is 5.32 Å². The van der Waals surface area contributed by atoms with Crippen LogP contribution in [0, 0.1) is 5.92 Å². The Hall–Kier alpha value is -0.780. The minimum absolute atomic E-state index is 0.180. The van der Waals surface area contributed by atoms with E-state index in [4.69, 9.17) is 11.6 Å². The molecule has 18 heavy (non-hydrogen) atoms. The quantitative estimate of drug-likeness (QED) is 0.795. The Morgan fingerprint density at radius 1 is 1.67 bits per heavy atom. The van der Waals surface area contributed by atoms with Crippen molar-refractivity contribution in [2.24, 2.45) is 5.92 Å². The Labute approximate surface area is 118 Å². The number of carboxylic acids is 1. The summed E-state index contributed by atoms with van der Waals surface area (Å²) in [5.41, 5.74) is -0.137. The maximum absolute atomic E-state index is 11.3. The van der Waals surface area contributed by atoms with Gasteiger partial charge in [-0.2, -0.15) is 0 Å². The number of aliphatic hydroxyl groups is 1. The van der Waals surface area contributed by atoms with Crippen LogP contribution in [0.3, 0.4) is 0 Å². The third-order valence-corrected chi connectivity index (χ3v) is 4.56. The van der Waals surface area contributed by atoms with Gasteiger partial charge in [-0.05, 0) is 34.5 Å². The summed E-state index contributed by atoms with van der Waals surface area (Å²) in [6.07, 6.45) is 0.354. The molecule has 0 radical (unpaired) electrons. The van der Waals surface area contributed by atoms with Crippen LogP contribution in [-0.2, 0) is 10.4 Å². The average molecular weight is 335 g/mol. The maximum Gasteiger partial charge on any atom is 0.309 e. The lowest BCUT2D eigenvalue weighted by Crippen LogP contribution is -2.41. The van der Waals surface area contributed by atoms with E-state index in [0.717, 1.165) is 0 Å². The number of carboxylic acid groups (broad SMARTS) is 1. The number of fused-ring (bicyclic) bond motifs is 1. The van der Waals surface area contributed by atoms with Crippen LogP contribution in [0.5, 0.6) is 0 Å². The molecular formula is C12H13BrClNO3. The fourth-order valence-corrected chi connectivity index (χ4v) is 2.91. The fourth-order valence-electron chi connectivity index (χ4n) is 2.40. The summed E-state index contributed by atoms with van der Waals surface area (Å²) in [4.78, 5) is 11.3. The number of carbonyl (C=O) groups is 1. The van der Waals surface area contributed by atoms with E-state index in [1.165, 1.54) is 0 Å². The van der Waals surface area contributed by atoms with Crippen LogP contribution in [0.1, 0.15) is 18.9 Å². The summed E-state index contributed by atoms with van der Waals surface area (Å²) in [6.45, 7) is 1.93. The normalized spacial score (nSPS) is 23.3. The molecule has 2 atom stereocenters. The van der Waals surface area contributed by atoms with E-state index in [-0.39, 0.29) is 6.54 Å². The van der Waals surface area contributed by atoms with Crippen molar-refractivity contribution in [2.45, 2.75) is 18.9 Å². The van der Waals surface area contributed by atoms with Crippen LogP contribution >= 0.6 is 27.5 Å². The average Bonchev–Trinajstić information content (AvgIpc) is 2.59. The van der Waals surface area contributed by atoms with Crippen LogP contribution in [0.2, 0.25) is 5.02 Å². The summed E-state index contributed by atoms with van der Waals surface area (Å²) in [5, 5.41) is 23.4. The molecule has 1 heterocycles. The number of nitrogens with one attached hydrogen (secondary N) is 1. The molecule has 2 unspecified atom stereocenters. The zero-order chi connectivity index (χ0) is 13.5. The van der Waals surface area contributed by atoms with Gasteiger partial charge >= 0.3 is 5.97 Å². The monoisotopic (exact) mass is 333 g/mol.